The highest BCUT2D eigenvalue weighted by Crippen LogP contribution is 2.46. The second kappa shape index (κ2) is 12.9. The Balaban J connectivity index is 1.03. The minimum Gasteiger partial charge on any atom is -0.456 e. The number of hydrogen-bond donors (Lipinski definition) is 0. The summed E-state index contributed by atoms with van der Waals surface area (Å²) in [5.74, 6) is 0. The Kier molecular flexibility index (Phi) is 6.89. The summed E-state index contributed by atoms with van der Waals surface area (Å²) in [4.78, 5) is 0. The van der Waals surface area contributed by atoms with Crippen molar-refractivity contribution in [1.82, 2.24) is 18.3 Å². The van der Waals surface area contributed by atoms with E-state index in [0.717, 1.165) is 55.7 Å². The van der Waals surface area contributed by atoms with Gasteiger partial charge in [0.1, 0.15) is 11.2 Å². The second-order valence-corrected chi connectivity index (χ2v) is 17.3. The van der Waals surface area contributed by atoms with Crippen molar-refractivity contribution >= 4 is 109 Å². The van der Waals surface area contributed by atoms with Gasteiger partial charge in [0.15, 0.2) is 0 Å². The minimum atomic E-state index is 0.870. The Morgan fingerprint density at radius 1 is 0.231 bits per heavy atom. The molecule has 0 bridgehead atoms. The third-order valence-electron chi connectivity index (χ3n) is 13.9. The monoisotopic (exact) mass is 828 g/mol. The third-order valence-corrected chi connectivity index (χ3v) is 13.9. The van der Waals surface area contributed by atoms with Gasteiger partial charge in [0.25, 0.3) is 0 Å². The van der Waals surface area contributed by atoms with E-state index in [2.05, 4.69) is 237 Å². The van der Waals surface area contributed by atoms with Gasteiger partial charge < -0.3 is 22.7 Å². The van der Waals surface area contributed by atoms with E-state index in [1.807, 2.05) is 0 Å². The maximum absolute atomic E-state index is 6.58. The van der Waals surface area contributed by atoms with Gasteiger partial charge in [-0.2, -0.15) is 0 Å². The number of furan rings is 1. The van der Waals surface area contributed by atoms with Gasteiger partial charge in [0.2, 0.25) is 0 Å². The molecule has 5 aromatic heterocycles. The van der Waals surface area contributed by atoms with E-state index in [1.165, 1.54) is 76.2 Å². The fraction of sp³-hybridized carbons (Fsp3) is 0. The second-order valence-electron chi connectivity index (χ2n) is 17.3. The normalized spacial score (nSPS) is 12.3. The molecule has 0 radical (unpaired) electrons. The molecule has 0 unspecified atom stereocenters. The van der Waals surface area contributed by atoms with Gasteiger partial charge >= 0.3 is 0 Å². The zero-order chi connectivity index (χ0) is 42.3. The number of para-hydroxylation sites is 6. The van der Waals surface area contributed by atoms with Crippen molar-refractivity contribution < 1.29 is 4.42 Å². The highest BCUT2D eigenvalue weighted by Gasteiger charge is 2.25. The molecule has 0 aliphatic carbocycles. The lowest BCUT2D eigenvalue weighted by atomic mass is 10.1. The first-order valence-electron chi connectivity index (χ1n) is 22.3. The van der Waals surface area contributed by atoms with Crippen LogP contribution in [-0.4, -0.2) is 18.3 Å². The van der Waals surface area contributed by atoms with E-state index < -0.39 is 0 Å². The van der Waals surface area contributed by atoms with Crippen molar-refractivity contribution in [2.45, 2.75) is 0 Å². The summed E-state index contributed by atoms with van der Waals surface area (Å²) >= 11 is 0. The zero-order valence-corrected chi connectivity index (χ0v) is 35.0. The van der Waals surface area contributed by atoms with Crippen LogP contribution in [0.2, 0.25) is 0 Å². The average molecular weight is 829 g/mol. The van der Waals surface area contributed by atoms with E-state index in [1.54, 1.807) is 0 Å². The number of benzene rings is 10. The predicted octanol–water partition coefficient (Wildman–Crippen LogP) is 16.0. The molecule has 0 N–H and O–H groups in total. The lowest BCUT2D eigenvalue weighted by Crippen LogP contribution is -1.96. The molecular formula is C60H36N4O. The van der Waals surface area contributed by atoms with Crippen LogP contribution in [0, 0.1) is 0 Å². The molecule has 0 aliphatic heterocycles. The van der Waals surface area contributed by atoms with E-state index in [4.69, 9.17) is 4.42 Å². The fourth-order valence-electron chi connectivity index (χ4n) is 11.3. The maximum Gasteiger partial charge on any atom is 0.135 e. The zero-order valence-electron chi connectivity index (χ0n) is 35.0. The molecule has 0 atom stereocenters. The van der Waals surface area contributed by atoms with E-state index >= 15 is 0 Å². The van der Waals surface area contributed by atoms with E-state index in [9.17, 15) is 0 Å². The molecule has 0 aliphatic rings. The van der Waals surface area contributed by atoms with Crippen molar-refractivity contribution in [3.05, 3.63) is 218 Å². The maximum atomic E-state index is 6.58. The van der Waals surface area contributed by atoms with Crippen LogP contribution in [0.1, 0.15) is 0 Å². The molecule has 5 heterocycles. The lowest BCUT2D eigenvalue weighted by molar-refractivity contribution is 0.669. The molecule has 0 saturated carbocycles. The minimum absolute atomic E-state index is 0.870. The van der Waals surface area contributed by atoms with Crippen molar-refractivity contribution in [2.75, 3.05) is 0 Å². The first kappa shape index (κ1) is 34.7. The highest BCUT2D eigenvalue weighted by atomic mass is 16.3. The molecule has 5 heteroatoms. The third kappa shape index (κ3) is 4.65. The summed E-state index contributed by atoms with van der Waals surface area (Å²) < 4.78 is 16.4. The summed E-state index contributed by atoms with van der Waals surface area (Å²) in [5.41, 5.74) is 15.7. The van der Waals surface area contributed by atoms with Crippen molar-refractivity contribution in [3.63, 3.8) is 0 Å². The molecular weight excluding hydrogens is 793 g/mol. The Bertz CT molecular complexity index is 4410. The van der Waals surface area contributed by atoms with Crippen LogP contribution in [0.25, 0.3) is 132 Å². The smallest absolute Gasteiger partial charge is 0.135 e. The molecule has 5 nitrogen and oxygen atoms in total. The predicted molar refractivity (Wildman–Crippen MR) is 271 cm³/mol. The van der Waals surface area contributed by atoms with E-state index in [-0.39, 0.29) is 0 Å². The van der Waals surface area contributed by atoms with Gasteiger partial charge in [0.05, 0.1) is 44.1 Å². The summed E-state index contributed by atoms with van der Waals surface area (Å²) in [6, 6.07) is 79.4. The van der Waals surface area contributed by atoms with Crippen LogP contribution in [0.15, 0.2) is 223 Å². The van der Waals surface area contributed by atoms with Gasteiger partial charge in [-0.05, 0) is 97.1 Å². The van der Waals surface area contributed by atoms with Crippen LogP contribution in [0.5, 0.6) is 0 Å². The Labute approximate surface area is 371 Å². The Morgan fingerprint density at radius 3 is 1.08 bits per heavy atom. The Morgan fingerprint density at radius 2 is 0.600 bits per heavy atom. The van der Waals surface area contributed by atoms with E-state index in [0.29, 0.717) is 0 Å². The first-order valence-corrected chi connectivity index (χ1v) is 22.3. The van der Waals surface area contributed by atoms with Crippen molar-refractivity contribution in [1.29, 1.82) is 0 Å². The highest BCUT2D eigenvalue weighted by molar-refractivity contribution is 6.31. The number of rotatable bonds is 4. The molecule has 15 rings (SSSR count). The van der Waals surface area contributed by atoms with Crippen LogP contribution < -0.4 is 0 Å². The lowest BCUT2D eigenvalue weighted by Gasteiger charge is -2.11. The number of hydrogen-bond acceptors (Lipinski definition) is 1. The van der Waals surface area contributed by atoms with Gasteiger partial charge in [-0.15, -0.1) is 0 Å². The summed E-state index contributed by atoms with van der Waals surface area (Å²) in [6.45, 7) is 0. The van der Waals surface area contributed by atoms with Gasteiger partial charge in [-0.25, -0.2) is 0 Å². The standard InChI is InChI=1S/C60H36N4O/c1-3-15-37(16-4-1)61-51-25-13-9-21-45(51)57-53(61)31-29-43-44-30-32-54-58(60(44)64(59(43)57)38-17-5-2-6-18-38)46-22-10-14-26-52(46)63(54)40-28-34-56-48(36-40)47-35-39(27-33-55(47)65-56)62-49-23-11-7-19-41(49)42-20-8-12-24-50(42)62/h1-36H. The SMILES string of the molecule is c1ccc(-n2c3ccccc3c3c2ccc2c4ccc5c(c6ccccc6n5-c5ccc6oc7ccc(-n8c9ccccc9c9ccccc98)cc7c6c5)c4n(-c4ccccc4)c23)cc1. The molecule has 0 fully saturated rings. The molecule has 0 amide bonds. The van der Waals surface area contributed by atoms with Crippen molar-refractivity contribution in [3.8, 4) is 22.7 Å². The van der Waals surface area contributed by atoms with Crippen LogP contribution in [-0.2, 0) is 0 Å². The molecule has 65 heavy (non-hydrogen) atoms. The molecule has 15 aromatic rings. The van der Waals surface area contributed by atoms with Gasteiger partial charge in [-0.1, -0.05) is 121 Å². The first-order chi connectivity index (χ1) is 32.3. The molecule has 0 saturated heterocycles. The van der Waals surface area contributed by atoms with Crippen LogP contribution in [0.4, 0.5) is 0 Å². The molecule has 302 valence electrons. The summed E-state index contributed by atoms with van der Waals surface area (Å²) in [7, 11) is 0. The topological polar surface area (TPSA) is 32.9 Å². The summed E-state index contributed by atoms with van der Waals surface area (Å²) in [5, 5.41) is 12.0. The van der Waals surface area contributed by atoms with Crippen molar-refractivity contribution in [2.24, 2.45) is 0 Å². The summed E-state index contributed by atoms with van der Waals surface area (Å²) in [6.07, 6.45) is 0. The largest absolute Gasteiger partial charge is 0.456 e. The van der Waals surface area contributed by atoms with Gasteiger partial charge in [-0.3, -0.25) is 0 Å². The number of nitrogens with zero attached hydrogens (tertiary/aromatic N) is 4. The van der Waals surface area contributed by atoms with Crippen LogP contribution >= 0.6 is 0 Å². The number of aromatic nitrogens is 4. The average Bonchev–Trinajstić information content (AvgIpc) is 4.16. The fourth-order valence-corrected chi connectivity index (χ4v) is 11.3. The molecule has 0 spiro atoms. The van der Waals surface area contributed by atoms with Crippen LogP contribution in [0.3, 0.4) is 0 Å². The van der Waals surface area contributed by atoms with Gasteiger partial charge in [0, 0.05) is 76.6 Å². The molecule has 10 aromatic carbocycles. The Hall–Kier alpha value is -8.80. The quantitative estimate of drug-likeness (QED) is 0.174. The number of fused-ring (bicyclic) bond motifs is 17.